The number of amides is 1. The maximum atomic E-state index is 11.4. The number of hydrogen-bond acceptors (Lipinski definition) is 3. The van der Waals surface area contributed by atoms with Gasteiger partial charge in [-0.15, -0.1) is 0 Å². The molecule has 0 unspecified atom stereocenters. The Balaban J connectivity index is 2.45. The van der Waals surface area contributed by atoms with Gasteiger partial charge in [0.1, 0.15) is 5.82 Å². The van der Waals surface area contributed by atoms with Crippen molar-refractivity contribution >= 4 is 27.7 Å². The Bertz CT molecular complexity index is 373. The largest absolute Gasteiger partial charge is 0.307 e. The standard InChI is InChI=1S/C11H14BrN3O/c1-15(2)7-3-4-11(16)14-10-6-5-9(12)8-13-10/h3-6,8H,7H2,1-2H3,(H,13,14,16)/b4-3+. The second-order valence-corrected chi connectivity index (χ2v) is 4.43. The molecule has 0 aliphatic heterocycles. The number of hydrogen-bond donors (Lipinski definition) is 1. The molecule has 0 saturated carbocycles. The van der Waals surface area contributed by atoms with E-state index in [1.54, 1.807) is 18.3 Å². The highest BCUT2D eigenvalue weighted by Gasteiger charge is 1.98. The summed E-state index contributed by atoms with van der Waals surface area (Å²) in [5.74, 6) is 0.374. The van der Waals surface area contributed by atoms with Gasteiger partial charge in [0, 0.05) is 23.3 Å². The Kier molecular flexibility index (Phi) is 5.14. The van der Waals surface area contributed by atoms with Crippen LogP contribution in [0.3, 0.4) is 0 Å². The van der Waals surface area contributed by atoms with Gasteiger partial charge in [-0.25, -0.2) is 4.98 Å². The highest BCUT2D eigenvalue weighted by atomic mass is 79.9. The van der Waals surface area contributed by atoms with Crippen LogP contribution in [0.2, 0.25) is 0 Å². The fourth-order valence-electron chi connectivity index (χ4n) is 0.988. The number of anilines is 1. The van der Waals surface area contributed by atoms with Gasteiger partial charge in [-0.1, -0.05) is 6.08 Å². The molecule has 1 amide bonds. The summed E-state index contributed by atoms with van der Waals surface area (Å²) in [6, 6.07) is 3.56. The predicted octanol–water partition coefficient (Wildman–Crippen LogP) is 1.90. The van der Waals surface area contributed by atoms with Crippen molar-refractivity contribution < 1.29 is 4.79 Å². The van der Waals surface area contributed by atoms with Crippen LogP contribution >= 0.6 is 15.9 Å². The normalized spacial score (nSPS) is 11.0. The van der Waals surface area contributed by atoms with Crippen LogP contribution < -0.4 is 5.32 Å². The second-order valence-electron chi connectivity index (χ2n) is 3.52. The first-order valence-electron chi connectivity index (χ1n) is 4.82. The summed E-state index contributed by atoms with van der Waals surface area (Å²) >= 11 is 3.27. The third-order valence-electron chi connectivity index (χ3n) is 1.72. The zero-order valence-corrected chi connectivity index (χ0v) is 10.9. The molecule has 0 radical (unpaired) electrons. The summed E-state index contributed by atoms with van der Waals surface area (Å²) in [5.41, 5.74) is 0. The maximum absolute atomic E-state index is 11.4. The highest BCUT2D eigenvalue weighted by molar-refractivity contribution is 9.10. The summed E-state index contributed by atoms with van der Waals surface area (Å²) in [4.78, 5) is 17.4. The van der Waals surface area contributed by atoms with Crippen LogP contribution in [0.4, 0.5) is 5.82 Å². The molecule has 0 fully saturated rings. The minimum atomic E-state index is -0.170. The van der Waals surface area contributed by atoms with Crippen molar-refractivity contribution in [3.8, 4) is 0 Å². The number of carbonyl (C=O) groups is 1. The topological polar surface area (TPSA) is 45.2 Å². The Hall–Kier alpha value is -1.20. The maximum Gasteiger partial charge on any atom is 0.249 e. The molecule has 0 aromatic carbocycles. The number of rotatable bonds is 4. The SMILES string of the molecule is CN(C)C/C=C/C(=O)Nc1ccc(Br)cn1. The van der Waals surface area contributed by atoms with Crippen LogP contribution in [-0.2, 0) is 4.79 Å². The van der Waals surface area contributed by atoms with Gasteiger partial charge in [-0.2, -0.15) is 0 Å². The molecule has 1 heterocycles. The molecular formula is C11H14BrN3O. The molecule has 1 aromatic heterocycles. The Morgan fingerprint density at radius 2 is 2.31 bits per heavy atom. The van der Waals surface area contributed by atoms with Gasteiger partial charge in [0.25, 0.3) is 0 Å². The molecule has 86 valence electrons. The lowest BCUT2D eigenvalue weighted by Crippen LogP contribution is -2.13. The molecule has 1 aromatic rings. The van der Waals surface area contributed by atoms with E-state index in [1.807, 2.05) is 25.1 Å². The lowest BCUT2D eigenvalue weighted by Gasteiger charge is -2.04. The van der Waals surface area contributed by atoms with Gasteiger partial charge in [0.2, 0.25) is 5.91 Å². The second kappa shape index (κ2) is 6.40. The zero-order chi connectivity index (χ0) is 12.0. The van der Waals surface area contributed by atoms with Gasteiger partial charge in [-0.3, -0.25) is 4.79 Å². The summed E-state index contributed by atoms with van der Waals surface area (Å²) in [6.45, 7) is 0.737. The highest BCUT2D eigenvalue weighted by Crippen LogP contribution is 2.10. The number of pyridine rings is 1. The molecule has 16 heavy (non-hydrogen) atoms. The van der Waals surface area contributed by atoms with Crippen LogP contribution in [0.5, 0.6) is 0 Å². The molecule has 0 atom stereocenters. The van der Waals surface area contributed by atoms with Crippen LogP contribution in [0.25, 0.3) is 0 Å². The van der Waals surface area contributed by atoms with E-state index in [9.17, 15) is 4.79 Å². The number of aromatic nitrogens is 1. The van der Waals surface area contributed by atoms with E-state index in [1.165, 1.54) is 6.08 Å². The van der Waals surface area contributed by atoms with Gasteiger partial charge >= 0.3 is 0 Å². The van der Waals surface area contributed by atoms with E-state index in [-0.39, 0.29) is 5.91 Å². The third-order valence-corrected chi connectivity index (χ3v) is 2.19. The average Bonchev–Trinajstić information content (AvgIpc) is 2.21. The van der Waals surface area contributed by atoms with Crippen LogP contribution in [0.15, 0.2) is 35.0 Å². The Morgan fingerprint density at radius 1 is 1.56 bits per heavy atom. The molecule has 5 heteroatoms. The average molecular weight is 284 g/mol. The molecule has 0 saturated heterocycles. The number of halogens is 1. The van der Waals surface area contributed by atoms with Crippen molar-refractivity contribution in [2.45, 2.75) is 0 Å². The minimum Gasteiger partial charge on any atom is -0.307 e. The molecule has 0 bridgehead atoms. The van der Waals surface area contributed by atoms with Crippen molar-refractivity contribution in [1.82, 2.24) is 9.88 Å². The first-order valence-corrected chi connectivity index (χ1v) is 5.61. The smallest absolute Gasteiger partial charge is 0.249 e. The van der Waals surface area contributed by atoms with E-state index >= 15 is 0 Å². The monoisotopic (exact) mass is 283 g/mol. The molecule has 1 N–H and O–H groups in total. The number of nitrogens with one attached hydrogen (secondary N) is 1. The fraction of sp³-hybridized carbons (Fsp3) is 0.273. The molecule has 0 spiro atoms. The van der Waals surface area contributed by atoms with Crippen molar-refractivity contribution in [3.63, 3.8) is 0 Å². The van der Waals surface area contributed by atoms with Crippen molar-refractivity contribution in [3.05, 3.63) is 35.0 Å². The summed E-state index contributed by atoms with van der Waals surface area (Å²) in [5, 5.41) is 2.67. The predicted molar refractivity (Wildman–Crippen MR) is 68.3 cm³/mol. The van der Waals surface area contributed by atoms with E-state index in [0.717, 1.165) is 11.0 Å². The molecule has 0 aliphatic carbocycles. The lowest BCUT2D eigenvalue weighted by molar-refractivity contribution is -0.111. The lowest BCUT2D eigenvalue weighted by atomic mass is 10.4. The zero-order valence-electron chi connectivity index (χ0n) is 9.27. The summed E-state index contributed by atoms with van der Waals surface area (Å²) in [6.07, 6.45) is 4.94. The summed E-state index contributed by atoms with van der Waals surface area (Å²) in [7, 11) is 3.89. The van der Waals surface area contributed by atoms with Crippen molar-refractivity contribution in [2.75, 3.05) is 26.0 Å². The fourth-order valence-corrected chi connectivity index (χ4v) is 1.22. The van der Waals surface area contributed by atoms with Crippen LogP contribution in [0.1, 0.15) is 0 Å². The molecule has 0 aliphatic rings. The van der Waals surface area contributed by atoms with Gasteiger partial charge in [0.15, 0.2) is 0 Å². The summed E-state index contributed by atoms with van der Waals surface area (Å²) < 4.78 is 0.883. The first kappa shape index (κ1) is 12.9. The molecule has 4 nitrogen and oxygen atoms in total. The molecular weight excluding hydrogens is 270 g/mol. The minimum absolute atomic E-state index is 0.170. The Morgan fingerprint density at radius 3 is 2.88 bits per heavy atom. The van der Waals surface area contributed by atoms with Crippen molar-refractivity contribution in [2.24, 2.45) is 0 Å². The van der Waals surface area contributed by atoms with Gasteiger partial charge < -0.3 is 10.2 Å². The van der Waals surface area contributed by atoms with Gasteiger partial charge in [0.05, 0.1) is 0 Å². The van der Waals surface area contributed by atoms with Crippen LogP contribution in [-0.4, -0.2) is 36.4 Å². The Labute approximate surface area is 103 Å². The van der Waals surface area contributed by atoms with E-state index in [2.05, 4.69) is 26.2 Å². The van der Waals surface area contributed by atoms with Crippen molar-refractivity contribution in [1.29, 1.82) is 0 Å². The molecule has 1 rings (SSSR count). The first-order chi connectivity index (χ1) is 7.58. The van der Waals surface area contributed by atoms with E-state index < -0.39 is 0 Å². The van der Waals surface area contributed by atoms with Gasteiger partial charge in [-0.05, 0) is 42.2 Å². The van der Waals surface area contributed by atoms with E-state index in [0.29, 0.717) is 5.82 Å². The number of nitrogens with zero attached hydrogens (tertiary/aromatic N) is 2. The third kappa shape index (κ3) is 5.04. The van der Waals surface area contributed by atoms with Crippen LogP contribution in [0, 0.1) is 0 Å². The van der Waals surface area contributed by atoms with E-state index in [4.69, 9.17) is 0 Å². The quantitative estimate of drug-likeness (QED) is 0.859. The number of carbonyl (C=O) groups excluding carboxylic acids is 1. The number of likely N-dealkylation sites (N-methyl/N-ethyl adjacent to an activating group) is 1.